The molecule has 128 valence electrons. The van der Waals surface area contributed by atoms with Gasteiger partial charge in [0.2, 0.25) is 5.89 Å². The molecule has 1 saturated heterocycles. The van der Waals surface area contributed by atoms with E-state index in [1.807, 2.05) is 25.1 Å². The summed E-state index contributed by atoms with van der Waals surface area (Å²) >= 11 is 0. The van der Waals surface area contributed by atoms with Gasteiger partial charge in [0, 0.05) is 37.2 Å². The standard InChI is InChI=1S/C17H22N4O3/c1-3-15-19-16(20-24-15)12-6-5-9-21(11-12)17(22)18-13-7-4-8-14(10-13)23-2/h4,7-8,10,12H,3,5-6,9,11H2,1-2H3,(H,18,22)/t12-/m0/s1. The highest BCUT2D eigenvalue weighted by atomic mass is 16.5. The number of methoxy groups -OCH3 is 1. The number of ether oxygens (including phenoxy) is 1. The van der Waals surface area contributed by atoms with Crippen LogP contribution in [0.5, 0.6) is 5.75 Å². The number of nitrogens with one attached hydrogen (secondary N) is 1. The summed E-state index contributed by atoms with van der Waals surface area (Å²) in [6.45, 7) is 3.30. The van der Waals surface area contributed by atoms with Crippen LogP contribution in [0.3, 0.4) is 0 Å². The first kappa shape index (κ1) is 16.3. The van der Waals surface area contributed by atoms with Gasteiger partial charge in [0.15, 0.2) is 5.82 Å². The van der Waals surface area contributed by atoms with Crippen molar-refractivity contribution >= 4 is 11.7 Å². The molecule has 0 saturated carbocycles. The molecule has 1 atom stereocenters. The van der Waals surface area contributed by atoms with Crippen LogP contribution < -0.4 is 10.1 Å². The average Bonchev–Trinajstić information content (AvgIpc) is 3.11. The molecular weight excluding hydrogens is 308 g/mol. The molecule has 1 fully saturated rings. The molecule has 7 nitrogen and oxygen atoms in total. The van der Waals surface area contributed by atoms with Gasteiger partial charge in [-0.3, -0.25) is 0 Å². The van der Waals surface area contributed by atoms with E-state index in [1.165, 1.54) is 0 Å². The number of carbonyl (C=O) groups excluding carboxylic acids is 1. The number of nitrogens with zero attached hydrogens (tertiary/aromatic N) is 3. The molecule has 1 aliphatic heterocycles. The lowest BCUT2D eigenvalue weighted by atomic mass is 9.97. The first-order valence-corrected chi connectivity index (χ1v) is 8.22. The fourth-order valence-corrected chi connectivity index (χ4v) is 2.85. The summed E-state index contributed by atoms with van der Waals surface area (Å²) < 4.78 is 10.4. The van der Waals surface area contributed by atoms with Crippen LogP contribution >= 0.6 is 0 Å². The van der Waals surface area contributed by atoms with Gasteiger partial charge in [0.1, 0.15) is 5.75 Å². The predicted octanol–water partition coefficient (Wildman–Crippen LogP) is 3.05. The molecule has 1 N–H and O–H groups in total. The Kier molecular flexibility index (Phi) is 4.98. The van der Waals surface area contributed by atoms with Crippen molar-refractivity contribution in [1.82, 2.24) is 15.0 Å². The molecule has 0 aliphatic carbocycles. The van der Waals surface area contributed by atoms with Gasteiger partial charge < -0.3 is 19.5 Å². The van der Waals surface area contributed by atoms with Gasteiger partial charge in [-0.25, -0.2) is 4.79 Å². The summed E-state index contributed by atoms with van der Waals surface area (Å²) in [5.41, 5.74) is 0.717. The maximum Gasteiger partial charge on any atom is 0.321 e. The average molecular weight is 330 g/mol. The second-order valence-electron chi connectivity index (χ2n) is 5.85. The molecule has 0 spiro atoms. The van der Waals surface area contributed by atoms with Crippen molar-refractivity contribution < 1.29 is 14.1 Å². The van der Waals surface area contributed by atoms with Crippen LogP contribution in [0.15, 0.2) is 28.8 Å². The van der Waals surface area contributed by atoms with E-state index in [2.05, 4.69) is 15.5 Å². The lowest BCUT2D eigenvalue weighted by Gasteiger charge is -2.31. The molecule has 2 amide bonds. The van der Waals surface area contributed by atoms with Crippen LogP contribution in [0.1, 0.15) is 37.4 Å². The molecule has 0 bridgehead atoms. The fraction of sp³-hybridized carbons (Fsp3) is 0.471. The number of aromatic nitrogens is 2. The molecule has 0 radical (unpaired) electrons. The van der Waals surface area contributed by atoms with Crippen molar-refractivity contribution in [2.75, 3.05) is 25.5 Å². The van der Waals surface area contributed by atoms with E-state index in [-0.39, 0.29) is 11.9 Å². The van der Waals surface area contributed by atoms with Crippen LogP contribution in [0, 0.1) is 0 Å². The lowest BCUT2D eigenvalue weighted by molar-refractivity contribution is 0.190. The van der Waals surface area contributed by atoms with Gasteiger partial charge in [-0.1, -0.05) is 18.1 Å². The lowest BCUT2D eigenvalue weighted by Crippen LogP contribution is -2.41. The quantitative estimate of drug-likeness (QED) is 0.932. The van der Waals surface area contributed by atoms with Gasteiger partial charge in [0.05, 0.1) is 7.11 Å². The number of aryl methyl sites for hydroxylation is 1. The van der Waals surface area contributed by atoms with E-state index in [0.29, 0.717) is 29.7 Å². The third-order valence-corrected chi connectivity index (χ3v) is 4.18. The second kappa shape index (κ2) is 7.33. The number of piperidine rings is 1. The van der Waals surface area contributed by atoms with E-state index in [0.717, 1.165) is 25.8 Å². The molecule has 2 heterocycles. The van der Waals surface area contributed by atoms with E-state index in [1.54, 1.807) is 18.1 Å². The van der Waals surface area contributed by atoms with Gasteiger partial charge in [0.25, 0.3) is 0 Å². The van der Waals surface area contributed by atoms with Crippen molar-refractivity contribution in [2.45, 2.75) is 32.1 Å². The maximum absolute atomic E-state index is 12.5. The van der Waals surface area contributed by atoms with Crippen LogP contribution in [0.4, 0.5) is 10.5 Å². The number of amides is 2. The third kappa shape index (κ3) is 3.67. The van der Waals surface area contributed by atoms with Gasteiger partial charge in [-0.2, -0.15) is 4.98 Å². The number of anilines is 1. The predicted molar refractivity (Wildman–Crippen MR) is 89.2 cm³/mol. The van der Waals surface area contributed by atoms with Crippen molar-refractivity contribution in [2.24, 2.45) is 0 Å². The molecular formula is C17H22N4O3. The number of hydrogen-bond acceptors (Lipinski definition) is 5. The molecule has 0 unspecified atom stereocenters. The molecule has 1 aromatic heterocycles. The number of hydrogen-bond donors (Lipinski definition) is 1. The zero-order valence-electron chi connectivity index (χ0n) is 14.0. The highest BCUT2D eigenvalue weighted by Crippen LogP contribution is 2.26. The summed E-state index contributed by atoms with van der Waals surface area (Å²) in [6, 6.07) is 7.21. The fourth-order valence-electron chi connectivity index (χ4n) is 2.85. The largest absolute Gasteiger partial charge is 0.497 e. The zero-order chi connectivity index (χ0) is 16.9. The minimum absolute atomic E-state index is 0.118. The molecule has 3 rings (SSSR count). The molecule has 7 heteroatoms. The minimum atomic E-state index is -0.118. The molecule has 2 aromatic rings. The normalized spacial score (nSPS) is 17.6. The monoisotopic (exact) mass is 330 g/mol. The van der Waals surface area contributed by atoms with E-state index in [4.69, 9.17) is 9.26 Å². The van der Waals surface area contributed by atoms with Gasteiger partial charge >= 0.3 is 6.03 Å². The Morgan fingerprint density at radius 2 is 2.38 bits per heavy atom. The summed E-state index contributed by atoms with van der Waals surface area (Å²) in [6.07, 6.45) is 2.61. The minimum Gasteiger partial charge on any atom is -0.497 e. The number of urea groups is 1. The zero-order valence-corrected chi connectivity index (χ0v) is 14.0. The number of rotatable bonds is 4. The SMILES string of the molecule is CCc1nc([C@H]2CCCN(C(=O)Nc3cccc(OC)c3)C2)no1. The van der Waals surface area contributed by atoms with Crippen molar-refractivity contribution in [1.29, 1.82) is 0 Å². The molecule has 24 heavy (non-hydrogen) atoms. The van der Waals surface area contributed by atoms with E-state index < -0.39 is 0 Å². The first-order valence-electron chi connectivity index (χ1n) is 8.22. The topological polar surface area (TPSA) is 80.5 Å². The molecule has 1 aromatic carbocycles. The Bertz CT molecular complexity index is 701. The number of benzene rings is 1. The van der Waals surface area contributed by atoms with E-state index in [9.17, 15) is 4.79 Å². The summed E-state index contributed by atoms with van der Waals surface area (Å²) in [7, 11) is 1.60. The Hall–Kier alpha value is -2.57. The first-order chi connectivity index (χ1) is 11.7. The summed E-state index contributed by atoms with van der Waals surface area (Å²) in [5.74, 6) is 2.18. The van der Waals surface area contributed by atoms with Crippen molar-refractivity contribution in [3.63, 3.8) is 0 Å². The number of carbonyl (C=O) groups is 1. The smallest absolute Gasteiger partial charge is 0.321 e. The summed E-state index contributed by atoms with van der Waals surface area (Å²) in [5, 5.41) is 6.97. The third-order valence-electron chi connectivity index (χ3n) is 4.18. The van der Waals surface area contributed by atoms with Crippen molar-refractivity contribution in [3.8, 4) is 5.75 Å². The van der Waals surface area contributed by atoms with Crippen LogP contribution in [-0.2, 0) is 6.42 Å². The number of likely N-dealkylation sites (tertiary alicyclic amines) is 1. The van der Waals surface area contributed by atoms with Crippen LogP contribution in [-0.4, -0.2) is 41.3 Å². The maximum atomic E-state index is 12.5. The Labute approximate surface area is 141 Å². The second-order valence-corrected chi connectivity index (χ2v) is 5.85. The van der Waals surface area contributed by atoms with Gasteiger partial charge in [-0.05, 0) is 25.0 Å². The van der Waals surface area contributed by atoms with E-state index >= 15 is 0 Å². The Balaban J connectivity index is 1.64. The van der Waals surface area contributed by atoms with Crippen molar-refractivity contribution in [3.05, 3.63) is 36.0 Å². The Morgan fingerprint density at radius 3 is 3.12 bits per heavy atom. The highest BCUT2D eigenvalue weighted by molar-refractivity contribution is 5.89. The van der Waals surface area contributed by atoms with Crippen LogP contribution in [0.25, 0.3) is 0 Å². The van der Waals surface area contributed by atoms with Gasteiger partial charge in [-0.15, -0.1) is 0 Å². The Morgan fingerprint density at radius 1 is 1.50 bits per heavy atom. The molecule has 1 aliphatic rings. The van der Waals surface area contributed by atoms with Crippen LogP contribution in [0.2, 0.25) is 0 Å². The summed E-state index contributed by atoms with van der Waals surface area (Å²) in [4.78, 5) is 18.7. The highest BCUT2D eigenvalue weighted by Gasteiger charge is 2.28.